The number of hydrogen-bond acceptors (Lipinski definition) is 2. The molecule has 0 fully saturated rings. The molecule has 1 aliphatic heterocycles. The topological polar surface area (TPSA) is 32.7 Å². The van der Waals surface area contributed by atoms with Gasteiger partial charge in [-0.05, 0) is 23.8 Å². The van der Waals surface area contributed by atoms with E-state index in [9.17, 15) is 4.79 Å². The number of carbonyl (C=O) groups is 1. The molecule has 0 N–H and O–H groups in total. The summed E-state index contributed by atoms with van der Waals surface area (Å²) >= 11 is 3.53. The third-order valence-electron chi connectivity index (χ3n) is 3.84. The number of nitrogens with zero attached hydrogens (tertiary/aromatic N) is 2. The average molecular weight is 357 g/mol. The standard InChI is InChI=1S/C18H17BrN2O/c1-2-17(22)21-11-10-20-16-9-8-14(19)12-15(16)18(21)13-6-4-3-5-7-13/h3-10,12,18H,2,11H2,1H3. The number of aliphatic imine (C=N–C) groups is 1. The van der Waals surface area contributed by atoms with Gasteiger partial charge in [0, 0.05) is 22.7 Å². The summed E-state index contributed by atoms with van der Waals surface area (Å²) in [4.78, 5) is 18.9. The summed E-state index contributed by atoms with van der Waals surface area (Å²) in [6.07, 6.45) is 2.31. The largest absolute Gasteiger partial charge is 0.326 e. The number of amides is 1. The first-order valence-electron chi connectivity index (χ1n) is 7.37. The molecule has 0 radical (unpaired) electrons. The van der Waals surface area contributed by atoms with Crippen molar-refractivity contribution in [2.24, 2.45) is 4.99 Å². The summed E-state index contributed by atoms with van der Waals surface area (Å²) in [5.74, 6) is 0.133. The highest BCUT2D eigenvalue weighted by molar-refractivity contribution is 9.10. The van der Waals surface area contributed by atoms with Crippen molar-refractivity contribution in [3.8, 4) is 0 Å². The molecule has 1 aliphatic rings. The van der Waals surface area contributed by atoms with Gasteiger partial charge < -0.3 is 4.90 Å². The Morgan fingerprint density at radius 3 is 2.77 bits per heavy atom. The van der Waals surface area contributed by atoms with Crippen LogP contribution in [-0.2, 0) is 4.79 Å². The van der Waals surface area contributed by atoms with Gasteiger partial charge >= 0.3 is 0 Å². The second-order valence-corrected chi connectivity index (χ2v) is 6.14. The fraction of sp³-hybridized carbons (Fsp3) is 0.222. The zero-order chi connectivity index (χ0) is 15.5. The van der Waals surface area contributed by atoms with Crippen LogP contribution in [0.1, 0.15) is 30.5 Å². The summed E-state index contributed by atoms with van der Waals surface area (Å²) in [6.45, 7) is 2.42. The summed E-state index contributed by atoms with van der Waals surface area (Å²) in [5.41, 5.74) is 3.08. The molecule has 1 heterocycles. The maximum Gasteiger partial charge on any atom is 0.223 e. The molecule has 0 bridgehead atoms. The van der Waals surface area contributed by atoms with Crippen molar-refractivity contribution < 1.29 is 4.79 Å². The predicted octanol–water partition coefficient (Wildman–Crippen LogP) is 4.49. The van der Waals surface area contributed by atoms with Gasteiger partial charge in [-0.15, -0.1) is 0 Å². The molecule has 4 heteroatoms. The van der Waals surface area contributed by atoms with Crippen LogP contribution in [0.25, 0.3) is 0 Å². The lowest BCUT2D eigenvalue weighted by atomic mass is 9.95. The molecule has 3 rings (SSSR count). The van der Waals surface area contributed by atoms with Crippen molar-refractivity contribution >= 4 is 33.7 Å². The highest BCUT2D eigenvalue weighted by atomic mass is 79.9. The summed E-state index contributed by atoms with van der Waals surface area (Å²) in [6, 6.07) is 16.1. The number of rotatable bonds is 2. The SMILES string of the molecule is CCC(=O)N1CC=Nc2ccc(Br)cc2C1c1ccccc1. The third kappa shape index (κ3) is 2.83. The van der Waals surface area contributed by atoms with Gasteiger partial charge in [-0.3, -0.25) is 9.79 Å². The molecular weight excluding hydrogens is 340 g/mol. The van der Waals surface area contributed by atoms with Crippen molar-refractivity contribution in [2.45, 2.75) is 19.4 Å². The van der Waals surface area contributed by atoms with Gasteiger partial charge in [-0.1, -0.05) is 53.2 Å². The zero-order valence-corrected chi connectivity index (χ0v) is 14.0. The van der Waals surface area contributed by atoms with Crippen molar-refractivity contribution in [3.63, 3.8) is 0 Å². The molecule has 0 aromatic heterocycles. The Hall–Kier alpha value is -1.94. The van der Waals surface area contributed by atoms with E-state index in [0.717, 1.165) is 21.3 Å². The van der Waals surface area contributed by atoms with E-state index in [1.807, 2.05) is 48.4 Å². The highest BCUT2D eigenvalue weighted by Crippen LogP contribution is 2.38. The average Bonchev–Trinajstić information content (AvgIpc) is 2.74. The predicted molar refractivity (Wildman–Crippen MR) is 92.6 cm³/mol. The van der Waals surface area contributed by atoms with Crippen LogP contribution in [0.15, 0.2) is 58.0 Å². The van der Waals surface area contributed by atoms with Crippen LogP contribution < -0.4 is 0 Å². The molecule has 1 amide bonds. The van der Waals surface area contributed by atoms with E-state index in [2.05, 4.69) is 39.1 Å². The summed E-state index contributed by atoms with van der Waals surface area (Å²) in [5, 5.41) is 0. The number of hydrogen-bond donors (Lipinski definition) is 0. The van der Waals surface area contributed by atoms with Gasteiger partial charge in [0.05, 0.1) is 18.3 Å². The van der Waals surface area contributed by atoms with E-state index >= 15 is 0 Å². The summed E-state index contributed by atoms with van der Waals surface area (Å²) in [7, 11) is 0. The van der Waals surface area contributed by atoms with E-state index in [4.69, 9.17) is 0 Å². The lowest BCUT2D eigenvalue weighted by Gasteiger charge is -2.31. The Morgan fingerprint density at radius 1 is 1.27 bits per heavy atom. The first-order chi connectivity index (χ1) is 10.7. The quantitative estimate of drug-likeness (QED) is 0.779. The maximum absolute atomic E-state index is 12.5. The molecule has 2 aromatic rings. The first kappa shape index (κ1) is 15.0. The number of halogens is 1. The smallest absolute Gasteiger partial charge is 0.223 e. The lowest BCUT2D eigenvalue weighted by Crippen LogP contribution is -2.35. The second-order valence-electron chi connectivity index (χ2n) is 5.23. The molecule has 1 unspecified atom stereocenters. The van der Waals surface area contributed by atoms with Crippen LogP contribution in [0.4, 0.5) is 5.69 Å². The van der Waals surface area contributed by atoms with Crippen LogP contribution in [0.5, 0.6) is 0 Å². The van der Waals surface area contributed by atoms with Crippen LogP contribution in [0.2, 0.25) is 0 Å². The van der Waals surface area contributed by atoms with Crippen LogP contribution in [0.3, 0.4) is 0 Å². The Labute approximate surface area is 138 Å². The fourth-order valence-corrected chi connectivity index (χ4v) is 3.18. The fourth-order valence-electron chi connectivity index (χ4n) is 2.81. The minimum absolute atomic E-state index is 0.108. The van der Waals surface area contributed by atoms with E-state index < -0.39 is 0 Å². The van der Waals surface area contributed by atoms with Gasteiger partial charge in [0.25, 0.3) is 0 Å². The Bertz CT molecular complexity index is 712. The number of benzene rings is 2. The van der Waals surface area contributed by atoms with Gasteiger partial charge in [-0.2, -0.15) is 0 Å². The van der Waals surface area contributed by atoms with Crippen molar-refractivity contribution in [1.82, 2.24) is 4.90 Å². The maximum atomic E-state index is 12.5. The minimum Gasteiger partial charge on any atom is -0.326 e. The molecular formula is C18H17BrN2O. The number of carbonyl (C=O) groups excluding carboxylic acids is 1. The van der Waals surface area contributed by atoms with Gasteiger partial charge in [-0.25, -0.2) is 0 Å². The van der Waals surface area contributed by atoms with Crippen molar-refractivity contribution in [2.75, 3.05) is 6.54 Å². The van der Waals surface area contributed by atoms with Crippen LogP contribution in [-0.4, -0.2) is 23.6 Å². The van der Waals surface area contributed by atoms with E-state index in [1.165, 1.54) is 0 Å². The molecule has 0 saturated carbocycles. The monoisotopic (exact) mass is 356 g/mol. The lowest BCUT2D eigenvalue weighted by molar-refractivity contribution is -0.131. The molecule has 1 atom stereocenters. The van der Waals surface area contributed by atoms with E-state index in [-0.39, 0.29) is 11.9 Å². The molecule has 0 aliphatic carbocycles. The normalized spacial score (nSPS) is 17.0. The third-order valence-corrected chi connectivity index (χ3v) is 4.34. The number of fused-ring (bicyclic) bond motifs is 1. The molecule has 3 nitrogen and oxygen atoms in total. The molecule has 112 valence electrons. The van der Waals surface area contributed by atoms with E-state index in [0.29, 0.717) is 13.0 Å². The van der Waals surface area contributed by atoms with Crippen LogP contribution in [0, 0.1) is 0 Å². The van der Waals surface area contributed by atoms with E-state index in [1.54, 1.807) is 0 Å². The first-order valence-corrected chi connectivity index (χ1v) is 8.16. The Balaban J connectivity index is 2.18. The summed E-state index contributed by atoms with van der Waals surface area (Å²) < 4.78 is 0.994. The minimum atomic E-state index is -0.108. The van der Waals surface area contributed by atoms with Crippen molar-refractivity contribution in [1.29, 1.82) is 0 Å². The van der Waals surface area contributed by atoms with Crippen molar-refractivity contribution in [3.05, 3.63) is 64.1 Å². The van der Waals surface area contributed by atoms with Gasteiger partial charge in [0.15, 0.2) is 0 Å². The Morgan fingerprint density at radius 2 is 2.05 bits per heavy atom. The molecule has 2 aromatic carbocycles. The molecule has 0 saturated heterocycles. The highest BCUT2D eigenvalue weighted by Gasteiger charge is 2.28. The Kier molecular flexibility index (Phi) is 4.39. The zero-order valence-electron chi connectivity index (χ0n) is 12.4. The van der Waals surface area contributed by atoms with Crippen LogP contribution >= 0.6 is 15.9 Å². The van der Waals surface area contributed by atoms with Gasteiger partial charge in [0.1, 0.15) is 0 Å². The molecule has 22 heavy (non-hydrogen) atoms. The second kappa shape index (κ2) is 6.44. The molecule has 0 spiro atoms. The van der Waals surface area contributed by atoms with Gasteiger partial charge in [0.2, 0.25) is 5.91 Å².